The Hall–Kier alpha value is -0.580. The lowest BCUT2D eigenvalue weighted by atomic mass is 10.1. The number of ether oxygens (including phenoxy) is 1. The summed E-state index contributed by atoms with van der Waals surface area (Å²) in [7, 11) is 0. The smallest absolute Gasteiger partial charge is 0.0748 e. The van der Waals surface area contributed by atoms with E-state index in [0.717, 1.165) is 38.7 Å². The third-order valence-electron chi connectivity index (χ3n) is 4.12. The third-order valence-corrected chi connectivity index (χ3v) is 4.75. The molecule has 0 amide bonds. The van der Waals surface area contributed by atoms with E-state index >= 15 is 0 Å². The normalized spacial score (nSPS) is 23.1. The van der Waals surface area contributed by atoms with Crippen molar-refractivity contribution in [2.24, 2.45) is 0 Å². The van der Waals surface area contributed by atoms with Gasteiger partial charge in [0.05, 0.1) is 18.4 Å². The standard InChI is InChI=1S/C16H23BrN2O/c1-2-14-11-19(7-8-20-14)16-6-3-12(9-15(16)17)10-18-13-4-5-13/h3,6,9,13-14,18H,2,4-5,7-8,10-11H2,1H3. The molecule has 2 fully saturated rings. The van der Waals surface area contributed by atoms with E-state index in [1.54, 1.807) is 0 Å². The van der Waals surface area contributed by atoms with Crippen molar-refractivity contribution in [1.82, 2.24) is 5.32 Å². The molecule has 0 bridgehead atoms. The fraction of sp³-hybridized carbons (Fsp3) is 0.625. The van der Waals surface area contributed by atoms with E-state index in [-0.39, 0.29) is 0 Å². The topological polar surface area (TPSA) is 24.5 Å². The number of nitrogens with one attached hydrogen (secondary N) is 1. The van der Waals surface area contributed by atoms with Crippen molar-refractivity contribution in [2.75, 3.05) is 24.6 Å². The summed E-state index contributed by atoms with van der Waals surface area (Å²) in [5.74, 6) is 0. The van der Waals surface area contributed by atoms with Crippen LogP contribution in [-0.2, 0) is 11.3 Å². The highest BCUT2D eigenvalue weighted by atomic mass is 79.9. The minimum Gasteiger partial charge on any atom is -0.375 e. The van der Waals surface area contributed by atoms with Crippen molar-refractivity contribution < 1.29 is 4.74 Å². The van der Waals surface area contributed by atoms with Crippen molar-refractivity contribution in [1.29, 1.82) is 0 Å². The zero-order valence-electron chi connectivity index (χ0n) is 12.1. The van der Waals surface area contributed by atoms with Crippen LogP contribution in [0.3, 0.4) is 0 Å². The largest absolute Gasteiger partial charge is 0.375 e. The van der Waals surface area contributed by atoms with Gasteiger partial charge in [0.1, 0.15) is 0 Å². The lowest BCUT2D eigenvalue weighted by Crippen LogP contribution is -2.42. The van der Waals surface area contributed by atoms with Gasteiger partial charge in [0.2, 0.25) is 0 Å². The van der Waals surface area contributed by atoms with Gasteiger partial charge in [0.25, 0.3) is 0 Å². The molecule has 1 saturated carbocycles. The Labute approximate surface area is 129 Å². The molecule has 1 unspecified atom stereocenters. The Balaban J connectivity index is 1.66. The second-order valence-corrected chi connectivity index (χ2v) is 6.64. The zero-order valence-corrected chi connectivity index (χ0v) is 13.7. The Morgan fingerprint density at radius 2 is 2.25 bits per heavy atom. The molecule has 1 aromatic carbocycles. The fourth-order valence-corrected chi connectivity index (χ4v) is 3.33. The predicted octanol–water partition coefficient (Wildman–Crippen LogP) is 3.32. The molecule has 1 aliphatic heterocycles. The molecule has 1 aliphatic carbocycles. The molecular formula is C16H23BrN2O. The van der Waals surface area contributed by atoms with Gasteiger partial charge in [0, 0.05) is 30.1 Å². The summed E-state index contributed by atoms with van der Waals surface area (Å²) in [6.07, 6.45) is 4.13. The maximum Gasteiger partial charge on any atom is 0.0748 e. The first-order valence-electron chi connectivity index (χ1n) is 7.64. The Kier molecular flexibility index (Phi) is 4.64. The Morgan fingerprint density at radius 1 is 1.40 bits per heavy atom. The number of nitrogens with zero attached hydrogens (tertiary/aromatic N) is 1. The number of rotatable bonds is 5. The molecule has 20 heavy (non-hydrogen) atoms. The van der Waals surface area contributed by atoms with E-state index in [9.17, 15) is 0 Å². The quantitative estimate of drug-likeness (QED) is 0.891. The van der Waals surface area contributed by atoms with Gasteiger partial charge in [-0.2, -0.15) is 0 Å². The van der Waals surface area contributed by atoms with E-state index in [2.05, 4.69) is 51.3 Å². The van der Waals surface area contributed by atoms with Crippen LogP contribution < -0.4 is 10.2 Å². The van der Waals surface area contributed by atoms with E-state index in [1.165, 1.54) is 28.6 Å². The minimum atomic E-state index is 0.367. The summed E-state index contributed by atoms with van der Waals surface area (Å²) in [6.45, 7) is 5.97. The summed E-state index contributed by atoms with van der Waals surface area (Å²) >= 11 is 3.74. The SMILES string of the molecule is CCC1CN(c2ccc(CNC3CC3)cc2Br)CCO1. The molecule has 0 aromatic heterocycles. The third kappa shape index (κ3) is 3.54. The highest BCUT2D eigenvalue weighted by Crippen LogP contribution is 2.29. The van der Waals surface area contributed by atoms with Crippen LogP contribution in [0.5, 0.6) is 0 Å². The number of morpholine rings is 1. The maximum atomic E-state index is 5.75. The number of hydrogen-bond donors (Lipinski definition) is 1. The fourth-order valence-electron chi connectivity index (χ4n) is 2.65. The maximum absolute atomic E-state index is 5.75. The summed E-state index contributed by atoms with van der Waals surface area (Å²) in [4.78, 5) is 2.43. The highest BCUT2D eigenvalue weighted by Gasteiger charge is 2.22. The van der Waals surface area contributed by atoms with E-state index in [4.69, 9.17) is 4.74 Å². The molecule has 3 nitrogen and oxygen atoms in total. The minimum absolute atomic E-state index is 0.367. The second-order valence-electron chi connectivity index (χ2n) is 5.79. The molecular weight excluding hydrogens is 316 g/mol. The molecule has 110 valence electrons. The van der Waals surface area contributed by atoms with Crippen molar-refractivity contribution >= 4 is 21.6 Å². The van der Waals surface area contributed by atoms with Crippen LogP contribution in [0.2, 0.25) is 0 Å². The molecule has 0 radical (unpaired) electrons. The van der Waals surface area contributed by atoms with Gasteiger partial charge in [-0.1, -0.05) is 13.0 Å². The summed E-state index contributed by atoms with van der Waals surface area (Å²) in [5.41, 5.74) is 2.65. The van der Waals surface area contributed by atoms with Gasteiger partial charge >= 0.3 is 0 Å². The van der Waals surface area contributed by atoms with Gasteiger partial charge in [-0.25, -0.2) is 0 Å². The van der Waals surface area contributed by atoms with Crippen molar-refractivity contribution in [3.63, 3.8) is 0 Å². The van der Waals surface area contributed by atoms with Gasteiger partial charge < -0.3 is 15.0 Å². The lowest BCUT2D eigenvalue weighted by Gasteiger charge is -2.34. The average Bonchev–Trinajstić information content (AvgIpc) is 3.29. The molecule has 1 saturated heterocycles. The van der Waals surface area contributed by atoms with Crippen molar-refractivity contribution in [3.8, 4) is 0 Å². The van der Waals surface area contributed by atoms with Gasteiger partial charge in [-0.05, 0) is 52.9 Å². The monoisotopic (exact) mass is 338 g/mol. The molecule has 1 heterocycles. The first-order chi connectivity index (χ1) is 9.76. The van der Waals surface area contributed by atoms with Crippen LogP contribution in [0.4, 0.5) is 5.69 Å². The van der Waals surface area contributed by atoms with E-state index in [0.29, 0.717) is 6.10 Å². The summed E-state index contributed by atoms with van der Waals surface area (Å²) < 4.78 is 6.95. The Bertz CT molecular complexity index is 462. The first-order valence-corrected chi connectivity index (χ1v) is 8.44. The Morgan fingerprint density at radius 3 is 2.95 bits per heavy atom. The van der Waals surface area contributed by atoms with Crippen LogP contribution in [0.1, 0.15) is 31.7 Å². The molecule has 1 N–H and O–H groups in total. The zero-order chi connectivity index (χ0) is 13.9. The van der Waals surface area contributed by atoms with Crippen molar-refractivity contribution in [3.05, 3.63) is 28.2 Å². The number of anilines is 1. The van der Waals surface area contributed by atoms with Crippen LogP contribution in [0.15, 0.2) is 22.7 Å². The van der Waals surface area contributed by atoms with Crippen LogP contribution in [0, 0.1) is 0 Å². The highest BCUT2D eigenvalue weighted by molar-refractivity contribution is 9.10. The predicted molar refractivity (Wildman–Crippen MR) is 86.2 cm³/mol. The van der Waals surface area contributed by atoms with Crippen molar-refractivity contribution in [2.45, 2.75) is 44.9 Å². The summed E-state index contributed by atoms with van der Waals surface area (Å²) in [6, 6.07) is 7.50. The van der Waals surface area contributed by atoms with Crippen LogP contribution >= 0.6 is 15.9 Å². The average molecular weight is 339 g/mol. The molecule has 1 aromatic rings. The van der Waals surface area contributed by atoms with Gasteiger partial charge in [-0.15, -0.1) is 0 Å². The molecule has 2 aliphatic rings. The van der Waals surface area contributed by atoms with Crippen LogP contribution in [0.25, 0.3) is 0 Å². The molecule has 4 heteroatoms. The van der Waals surface area contributed by atoms with Gasteiger partial charge in [-0.3, -0.25) is 0 Å². The number of hydrogen-bond acceptors (Lipinski definition) is 3. The lowest BCUT2D eigenvalue weighted by molar-refractivity contribution is 0.0384. The summed E-state index contributed by atoms with van der Waals surface area (Å²) in [5, 5.41) is 3.56. The van der Waals surface area contributed by atoms with E-state index in [1.807, 2.05) is 0 Å². The molecule has 3 rings (SSSR count). The molecule has 1 atom stereocenters. The number of benzene rings is 1. The number of halogens is 1. The first kappa shape index (κ1) is 14.4. The second kappa shape index (κ2) is 6.46. The molecule has 0 spiro atoms. The van der Waals surface area contributed by atoms with Crippen LogP contribution in [-0.4, -0.2) is 31.8 Å². The van der Waals surface area contributed by atoms with E-state index < -0.39 is 0 Å². The van der Waals surface area contributed by atoms with Gasteiger partial charge in [0.15, 0.2) is 0 Å².